The van der Waals surface area contributed by atoms with E-state index in [2.05, 4.69) is 14.8 Å². The second-order valence-electron chi connectivity index (χ2n) is 9.57. The summed E-state index contributed by atoms with van der Waals surface area (Å²) >= 11 is 0. The van der Waals surface area contributed by atoms with E-state index in [-0.39, 0.29) is 5.91 Å². The van der Waals surface area contributed by atoms with Crippen molar-refractivity contribution in [2.45, 2.75) is 19.5 Å². The van der Waals surface area contributed by atoms with Crippen molar-refractivity contribution in [3.8, 4) is 23.0 Å². The average molecular weight is 539 g/mol. The minimum atomic E-state index is -0.163. The van der Waals surface area contributed by atoms with Crippen LogP contribution >= 0.6 is 0 Å². The molecule has 2 aromatic carbocycles. The van der Waals surface area contributed by atoms with Crippen LogP contribution in [0.3, 0.4) is 0 Å². The molecule has 1 aromatic heterocycles. The number of likely N-dealkylation sites (N-methyl/N-ethyl adjacent to an activating group) is 1. The third-order valence-electron chi connectivity index (χ3n) is 6.94. The van der Waals surface area contributed by atoms with E-state index in [0.29, 0.717) is 42.6 Å². The predicted octanol–water partition coefficient (Wildman–Crippen LogP) is 3.34. The molecular weight excluding hydrogens is 500 g/mol. The van der Waals surface area contributed by atoms with Gasteiger partial charge in [-0.1, -0.05) is 6.07 Å². The monoisotopic (exact) mass is 538 g/mol. The summed E-state index contributed by atoms with van der Waals surface area (Å²) in [4.78, 5) is 23.8. The lowest BCUT2D eigenvalue weighted by Gasteiger charge is -2.34. The van der Waals surface area contributed by atoms with Crippen molar-refractivity contribution in [2.24, 2.45) is 0 Å². The second-order valence-corrected chi connectivity index (χ2v) is 9.57. The van der Waals surface area contributed by atoms with Crippen LogP contribution < -0.4 is 18.9 Å². The summed E-state index contributed by atoms with van der Waals surface area (Å²) < 4.78 is 27.1. The molecule has 1 aliphatic heterocycles. The summed E-state index contributed by atoms with van der Waals surface area (Å²) in [7, 11) is 8.32. The van der Waals surface area contributed by atoms with Crippen LogP contribution in [-0.2, 0) is 19.5 Å². The van der Waals surface area contributed by atoms with Gasteiger partial charge in [0.15, 0.2) is 17.2 Å². The van der Waals surface area contributed by atoms with Gasteiger partial charge in [-0.05, 0) is 41.8 Å². The van der Waals surface area contributed by atoms with Crippen LogP contribution in [0.5, 0.6) is 23.0 Å². The highest BCUT2D eigenvalue weighted by Gasteiger charge is 2.21. The van der Waals surface area contributed by atoms with Gasteiger partial charge in [-0.2, -0.15) is 0 Å². The first-order chi connectivity index (χ1) is 18.9. The summed E-state index contributed by atoms with van der Waals surface area (Å²) in [6.07, 6.45) is 2.14. The summed E-state index contributed by atoms with van der Waals surface area (Å²) in [5.41, 5.74) is 2.54. The zero-order valence-electron chi connectivity index (χ0n) is 23.4. The number of amides is 1. The Kier molecular flexibility index (Phi) is 9.67. The number of nitrogens with zero attached hydrogens (tertiary/aromatic N) is 4. The van der Waals surface area contributed by atoms with E-state index in [1.807, 2.05) is 36.4 Å². The molecule has 0 spiro atoms. The van der Waals surface area contributed by atoms with E-state index in [0.717, 1.165) is 55.3 Å². The average Bonchev–Trinajstić information content (AvgIpc) is 3.44. The molecule has 10 nitrogen and oxygen atoms in total. The summed E-state index contributed by atoms with van der Waals surface area (Å²) in [5, 5.41) is 0. The lowest BCUT2D eigenvalue weighted by atomic mass is 10.1. The van der Waals surface area contributed by atoms with Gasteiger partial charge in [0.1, 0.15) is 17.8 Å². The fraction of sp³-hybridized carbons (Fsp3) is 0.448. The van der Waals surface area contributed by atoms with Crippen molar-refractivity contribution in [3.63, 3.8) is 0 Å². The maximum Gasteiger partial charge on any atom is 0.275 e. The number of carbonyl (C=O) groups excluding carboxylic acids is 1. The molecule has 1 aliphatic rings. The molecule has 0 saturated carbocycles. The second kappa shape index (κ2) is 13.3. The molecule has 0 aliphatic carbocycles. The first kappa shape index (κ1) is 28.3. The molecule has 3 aromatic rings. The van der Waals surface area contributed by atoms with E-state index < -0.39 is 0 Å². The number of piperazine rings is 1. The van der Waals surface area contributed by atoms with E-state index in [1.54, 1.807) is 40.4 Å². The fourth-order valence-electron chi connectivity index (χ4n) is 4.62. The minimum Gasteiger partial charge on any atom is -0.497 e. The van der Waals surface area contributed by atoms with Crippen molar-refractivity contribution < 1.29 is 28.2 Å². The lowest BCUT2D eigenvalue weighted by Crippen LogP contribution is -2.45. The van der Waals surface area contributed by atoms with Gasteiger partial charge in [-0.15, -0.1) is 0 Å². The Bertz CT molecular complexity index is 1220. The fourth-order valence-corrected chi connectivity index (χ4v) is 4.62. The summed E-state index contributed by atoms with van der Waals surface area (Å²) in [6.45, 7) is 5.56. The molecule has 0 atom stereocenters. The highest BCUT2D eigenvalue weighted by atomic mass is 16.5. The van der Waals surface area contributed by atoms with Crippen LogP contribution in [0.1, 0.15) is 27.5 Å². The number of oxazole rings is 1. The number of methoxy groups -OCH3 is 4. The normalized spacial score (nSPS) is 14.2. The topological polar surface area (TPSA) is 89.7 Å². The molecule has 1 amide bonds. The molecule has 0 radical (unpaired) electrons. The number of rotatable bonds is 12. The Hall–Kier alpha value is -3.76. The smallest absolute Gasteiger partial charge is 0.275 e. The molecule has 0 N–H and O–H groups in total. The van der Waals surface area contributed by atoms with Crippen molar-refractivity contribution in [1.29, 1.82) is 0 Å². The zero-order chi connectivity index (χ0) is 27.8. The van der Waals surface area contributed by atoms with Gasteiger partial charge in [-0.3, -0.25) is 14.6 Å². The Morgan fingerprint density at radius 3 is 2.10 bits per heavy atom. The van der Waals surface area contributed by atoms with Crippen molar-refractivity contribution in [3.05, 3.63) is 65.4 Å². The maximum absolute atomic E-state index is 12.9. The predicted molar refractivity (Wildman–Crippen MR) is 147 cm³/mol. The number of ether oxygens (including phenoxy) is 4. The van der Waals surface area contributed by atoms with E-state index in [4.69, 9.17) is 23.4 Å². The Balaban J connectivity index is 1.24. The molecule has 4 rings (SSSR count). The van der Waals surface area contributed by atoms with Gasteiger partial charge in [0, 0.05) is 52.4 Å². The number of carbonyl (C=O) groups is 1. The standard InChI is InChI=1S/C29H38N4O6/c1-31(9-8-21-6-7-26(37-4)27(16-21)38-5)29(34)25-20-39-28(30-25)19-33-12-10-32(11-13-33)18-22-14-23(35-2)17-24(15-22)36-3/h6-7,14-17,20H,8-13,18-19H2,1-5H3. The first-order valence-electron chi connectivity index (χ1n) is 13.0. The molecular formula is C29H38N4O6. The van der Waals surface area contributed by atoms with Gasteiger partial charge < -0.3 is 28.3 Å². The number of hydrogen-bond donors (Lipinski definition) is 0. The molecule has 2 heterocycles. The lowest BCUT2D eigenvalue weighted by molar-refractivity contribution is 0.0790. The molecule has 0 unspecified atom stereocenters. The van der Waals surface area contributed by atoms with E-state index in [1.165, 1.54) is 6.26 Å². The molecule has 39 heavy (non-hydrogen) atoms. The third kappa shape index (κ3) is 7.42. The Morgan fingerprint density at radius 1 is 0.846 bits per heavy atom. The van der Waals surface area contributed by atoms with E-state index in [9.17, 15) is 4.79 Å². The molecule has 10 heteroatoms. The number of hydrogen-bond acceptors (Lipinski definition) is 9. The molecule has 0 bridgehead atoms. The highest BCUT2D eigenvalue weighted by Crippen LogP contribution is 2.28. The van der Waals surface area contributed by atoms with Gasteiger partial charge in [-0.25, -0.2) is 4.98 Å². The SMILES string of the molecule is COc1cc(CN2CCN(Cc3nc(C(=O)N(C)CCc4ccc(OC)c(OC)c4)co3)CC2)cc(OC)c1. The summed E-state index contributed by atoms with van der Waals surface area (Å²) in [6, 6.07) is 11.7. The van der Waals surface area contributed by atoms with Gasteiger partial charge in [0.25, 0.3) is 5.91 Å². The van der Waals surface area contributed by atoms with Crippen LogP contribution in [0.25, 0.3) is 0 Å². The maximum atomic E-state index is 12.9. The zero-order valence-corrected chi connectivity index (χ0v) is 23.4. The van der Waals surface area contributed by atoms with Crippen molar-refractivity contribution in [1.82, 2.24) is 19.7 Å². The van der Waals surface area contributed by atoms with Crippen LogP contribution in [0.15, 0.2) is 47.1 Å². The quantitative estimate of drug-likeness (QED) is 0.344. The molecule has 1 fully saturated rings. The molecule has 210 valence electrons. The number of aromatic nitrogens is 1. The molecule has 1 saturated heterocycles. The first-order valence-corrected chi connectivity index (χ1v) is 13.0. The van der Waals surface area contributed by atoms with Gasteiger partial charge in [0.05, 0.1) is 35.0 Å². The van der Waals surface area contributed by atoms with Crippen molar-refractivity contribution >= 4 is 5.91 Å². The van der Waals surface area contributed by atoms with E-state index >= 15 is 0 Å². The van der Waals surface area contributed by atoms with Gasteiger partial charge >= 0.3 is 0 Å². The third-order valence-corrected chi connectivity index (χ3v) is 6.94. The Morgan fingerprint density at radius 2 is 1.49 bits per heavy atom. The van der Waals surface area contributed by atoms with Crippen LogP contribution in [0.2, 0.25) is 0 Å². The van der Waals surface area contributed by atoms with Crippen LogP contribution in [0.4, 0.5) is 0 Å². The van der Waals surface area contributed by atoms with Crippen LogP contribution in [-0.4, -0.2) is 93.8 Å². The van der Waals surface area contributed by atoms with Crippen molar-refractivity contribution in [2.75, 3.05) is 68.2 Å². The van der Waals surface area contributed by atoms with Crippen LogP contribution in [0, 0.1) is 0 Å². The highest BCUT2D eigenvalue weighted by molar-refractivity contribution is 5.91. The Labute approximate surface area is 230 Å². The summed E-state index contributed by atoms with van der Waals surface area (Å²) in [5.74, 6) is 3.33. The minimum absolute atomic E-state index is 0.163. The number of benzene rings is 2. The largest absolute Gasteiger partial charge is 0.497 e. The van der Waals surface area contributed by atoms with Gasteiger partial charge in [0.2, 0.25) is 5.89 Å².